The van der Waals surface area contributed by atoms with Crippen LogP contribution in [0.3, 0.4) is 0 Å². The van der Waals surface area contributed by atoms with Crippen LogP contribution in [0.1, 0.15) is 17.5 Å². The van der Waals surface area contributed by atoms with E-state index >= 15 is 0 Å². The van der Waals surface area contributed by atoms with Crippen LogP contribution in [0.4, 0.5) is 0 Å². The van der Waals surface area contributed by atoms with Crippen LogP contribution >= 0.6 is 11.8 Å². The summed E-state index contributed by atoms with van der Waals surface area (Å²) in [6.45, 7) is 1.18. The number of nitrogens with one attached hydrogen (secondary N) is 2. The minimum absolute atomic E-state index is 0.00444. The Labute approximate surface area is 182 Å². The number of ether oxygens (including phenoxy) is 2. The summed E-state index contributed by atoms with van der Waals surface area (Å²) in [7, 11) is 3.20. The lowest BCUT2D eigenvalue weighted by Gasteiger charge is -2.10. The molecule has 0 aliphatic rings. The number of methoxy groups -OCH3 is 2. The maximum atomic E-state index is 12.0. The van der Waals surface area contributed by atoms with Gasteiger partial charge >= 0.3 is 0 Å². The van der Waals surface area contributed by atoms with Crippen LogP contribution < -0.4 is 20.1 Å². The van der Waals surface area contributed by atoms with E-state index < -0.39 is 0 Å². The first-order valence-corrected chi connectivity index (χ1v) is 11.1. The van der Waals surface area contributed by atoms with Gasteiger partial charge in [-0.2, -0.15) is 11.8 Å². The Kier molecular flexibility index (Phi) is 10.7. The first-order valence-electron chi connectivity index (χ1n) is 9.98. The molecule has 2 aromatic rings. The van der Waals surface area contributed by atoms with Crippen LogP contribution in [-0.2, 0) is 22.4 Å². The SMILES string of the molecule is COc1ccc(CCNC(=O)CCSCC(=O)NCCc2ccccc2)cc1OC. The van der Waals surface area contributed by atoms with Crippen molar-refractivity contribution in [2.45, 2.75) is 19.3 Å². The van der Waals surface area contributed by atoms with Crippen molar-refractivity contribution in [3.8, 4) is 11.5 Å². The molecule has 0 aliphatic heterocycles. The number of thioether (sulfide) groups is 1. The van der Waals surface area contributed by atoms with E-state index in [2.05, 4.69) is 10.6 Å². The number of rotatable bonds is 13. The first-order chi connectivity index (χ1) is 14.6. The maximum Gasteiger partial charge on any atom is 0.230 e. The Bertz CT molecular complexity index is 799. The topological polar surface area (TPSA) is 76.7 Å². The number of hydrogen-bond donors (Lipinski definition) is 2. The van der Waals surface area contributed by atoms with Crippen molar-refractivity contribution in [3.05, 3.63) is 59.7 Å². The van der Waals surface area contributed by atoms with Gasteiger partial charge in [-0.25, -0.2) is 0 Å². The highest BCUT2D eigenvalue weighted by Gasteiger charge is 2.07. The predicted molar refractivity (Wildman–Crippen MR) is 121 cm³/mol. The Morgan fingerprint density at radius 3 is 2.20 bits per heavy atom. The Morgan fingerprint density at radius 2 is 1.50 bits per heavy atom. The summed E-state index contributed by atoms with van der Waals surface area (Å²) in [4.78, 5) is 23.8. The first kappa shape index (κ1) is 23.6. The lowest BCUT2D eigenvalue weighted by atomic mass is 10.1. The largest absolute Gasteiger partial charge is 0.493 e. The average Bonchev–Trinajstić information content (AvgIpc) is 2.77. The second-order valence-electron chi connectivity index (χ2n) is 6.68. The maximum absolute atomic E-state index is 12.0. The third-order valence-electron chi connectivity index (χ3n) is 4.47. The summed E-state index contributed by atoms with van der Waals surface area (Å²) in [5.41, 5.74) is 2.27. The molecular formula is C23H30N2O4S. The Morgan fingerprint density at radius 1 is 0.833 bits per heavy atom. The molecule has 0 saturated carbocycles. The molecule has 0 heterocycles. The fourth-order valence-corrected chi connectivity index (χ4v) is 3.60. The molecule has 0 aromatic heterocycles. The van der Waals surface area contributed by atoms with Gasteiger partial charge < -0.3 is 20.1 Å². The molecule has 0 fully saturated rings. The van der Waals surface area contributed by atoms with E-state index in [-0.39, 0.29) is 11.8 Å². The van der Waals surface area contributed by atoms with E-state index in [1.807, 2.05) is 48.5 Å². The van der Waals surface area contributed by atoms with Crippen molar-refractivity contribution >= 4 is 23.6 Å². The van der Waals surface area contributed by atoms with E-state index in [1.165, 1.54) is 17.3 Å². The van der Waals surface area contributed by atoms with Crippen LogP contribution in [0.25, 0.3) is 0 Å². The number of amides is 2. The molecule has 162 valence electrons. The van der Waals surface area contributed by atoms with Crippen molar-refractivity contribution in [3.63, 3.8) is 0 Å². The van der Waals surface area contributed by atoms with Crippen molar-refractivity contribution in [1.82, 2.24) is 10.6 Å². The second kappa shape index (κ2) is 13.5. The standard InChI is InChI=1S/C23H30N2O4S/c1-28-20-9-8-19(16-21(20)29-2)11-14-24-22(26)12-15-30-17-23(27)25-13-10-18-6-4-3-5-7-18/h3-9,16H,10-15,17H2,1-2H3,(H,24,26)(H,25,27). The highest BCUT2D eigenvalue weighted by molar-refractivity contribution is 7.99. The van der Waals surface area contributed by atoms with E-state index in [0.29, 0.717) is 48.9 Å². The van der Waals surface area contributed by atoms with Gasteiger partial charge in [0.15, 0.2) is 11.5 Å². The lowest BCUT2D eigenvalue weighted by molar-refractivity contribution is -0.121. The summed E-state index contributed by atoms with van der Waals surface area (Å²) in [5.74, 6) is 2.35. The highest BCUT2D eigenvalue weighted by Crippen LogP contribution is 2.27. The minimum atomic E-state index is -0.00698. The van der Waals surface area contributed by atoms with Gasteiger partial charge in [0.1, 0.15) is 0 Å². The van der Waals surface area contributed by atoms with Crippen LogP contribution in [0.2, 0.25) is 0 Å². The third kappa shape index (κ3) is 8.78. The van der Waals surface area contributed by atoms with Gasteiger partial charge in [0.05, 0.1) is 20.0 Å². The molecule has 2 amide bonds. The zero-order chi connectivity index (χ0) is 21.6. The monoisotopic (exact) mass is 430 g/mol. The fraction of sp³-hybridized carbons (Fsp3) is 0.391. The van der Waals surface area contributed by atoms with Crippen LogP contribution in [-0.4, -0.2) is 50.6 Å². The van der Waals surface area contributed by atoms with Gasteiger partial charge in [-0.1, -0.05) is 36.4 Å². The summed E-state index contributed by atoms with van der Waals surface area (Å²) in [5, 5.41) is 5.82. The zero-order valence-electron chi connectivity index (χ0n) is 17.6. The summed E-state index contributed by atoms with van der Waals surface area (Å²) >= 11 is 1.47. The molecule has 0 bridgehead atoms. The molecule has 2 rings (SSSR count). The van der Waals surface area contributed by atoms with Crippen molar-refractivity contribution in [1.29, 1.82) is 0 Å². The second-order valence-corrected chi connectivity index (χ2v) is 7.78. The van der Waals surface area contributed by atoms with Crippen LogP contribution in [0.5, 0.6) is 11.5 Å². The van der Waals surface area contributed by atoms with E-state index in [1.54, 1.807) is 14.2 Å². The number of benzene rings is 2. The number of carbonyl (C=O) groups excluding carboxylic acids is 2. The molecule has 6 nitrogen and oxygen atoms in total. The molecule has 0 unspecified atom stereocenters. The zero-order valence-corrected chi connectivity index (χ0v) is 18.4. The van der Waals surface area contributed by atoms with Crippen molar-refractivity contribution in [2.24, 2.45) is 0 Å². The summed E-state index contributed by atoms with van der Waals surface area (Å²) in [6, 6.07) is 15.8. The smallest absolute Gasteiger partial charge is 0.230 e. The van der Waals surface area contributed by atoms with Gasteiger partial charge in [-0.05, 0) is 36.1 Å². The molecule has 0 saturated heterocycles. The predicted octanol–water partition coefficient (Wildman–Crippen LogP) is 2.84. The van der Waals surface area contributed by atoms with Gasteiger partial charge in [-0.3, -0.25) is 9.59 Å². The normalized spacial score (nSPS) is 10.3. The number of hydrogen-bond acceptors (Lipinski definition) is 5. The number of carbonyl (C=O) groups is 2. The third-order valence-corrected chi connectivity index (χ3v) is 5.43. The van der Waals surface area contributed by atoms with Crippen LogP contribution in [0.15, 0.2) is 48.5 Å². The fourth-order valence-electron chi connectivity index (χ4n) is 2.84. The van der Waals surface area contributed by atoms with Crippen molar-refractivity contribution in [2.75, 3.05) is 38.8 Å². The van der Waals surface area contributed by atoms with Gasteiger partial charge in [0, 0.05) is 25.3 Å². The van der Waals surface area contributed by atoms with Gasteiger partial charge in [0.2, 0.25) is 11.8 Å². The minimum Gasteiger partial charge on any atom is -0.493 e. The average molecular weight is 431 g/mol. The molecule has 2 aromatic carbocycles. The van der Waals surface area contributed by atoms with Gasteiger partial charge in [0.25, 0.3) is 0 Å². The van der Waals surface area contributed by atoms with E-state index in [9.17, 15) is 9.59 Å². The molecular weight excluding hydrogens is 400 g/mol. The molecule has 2 N–H and O–H groups in total. The lowest BCUT2D eigenvalue weighted by Crippen LogP contribution is -2.28. The Hall–Kier alpha value is -2.67. The van der Waals surface area contributed by atoms with Gasteiger partial charge in [-0.15, -0.1) is 0 Å². The van der Waals surface area contributed by atoms with E-state index in [0.717, 1.165) is 12.0 Å². The van der Waals surface area contributed by atoms with Crippen LogP contribution in [0, 0.1) is 0 Å². The summed E-state index contributed by atoms with van der Waals surface area (Å²) < 4.78 is 10.5. The molecule has 30 heavy (non-hydrogen) atoms. The summed E-state index contributed by atoms with van der Waals surface area (Å²) in [6.07, 6.45) is 1.93. The highest BCUT2D eigenvalue weighted by atomic mass is 32.2. The molecule has 0 aliphatic carbocycles. The molecule has 7 heteroatoms. The van der Waals surface area contributed by atoms with Crippen molar-refractivity contribution < 1.29 is 19.1 Å². The Balaban J connectivity index is 1.53. The quantitative estimate of drug-likeness (QED) is 0.478. The van der Waals surface area contributed by atoms with E-state index in [4.69, 9.17) is 9.47 Å². The molecule has 0 atom stereocenters. The molecule has 0 spiro atoms. The molecule has 0 radical (unpaired) electrons.